The van der Waals surface area contributed by atoms with Crippen molar-refractivity contribution in [3.63, 3.8) is 0 Å². The zero-order valence-electron chi connectivity index (χ0n) is 14.3. The Morgan fingerprint density at radius 3 is 1.96 bits per heavy atom. The normalized spacial score (nSPS) is 11.3. The maximum atomic E-state index is 13.4. The molecule has 0 fully saturated rings. The van der Waals surface area contributed by atoms with Gasteiger partial charge in [-0.05, 0) is 23.3 Å². The fourth-order valence-electron chi connectivity index (χ4n) is 3.06. The van der Waals surface area contributed by atoms with Crippen molar-refractivity contribution in [3.05, 3.63) is 102 Å². The van der Waals surface area contributed by atoms with E-state index in [0.717, 1.165) is 10.9 Å². The van der Waals surface area contributed by atoms with Crippen molar-refractivity contribution >= 4 is 34.2 Å². The molecule has 0 bridgehead atoms. The van der Waals surface area contributed by atoms with Crippen LogP contribution in [0, 0.1) is 0 Å². The molecule has 1 N–H and O–H groups in total. The molecule has 4 nitrogen and oxygen atoms in total. The standard InChI is InChI=1S/C22H16ClN3O/c23-22(16-9-3-1-4-10-16,17-11-5-2-6-12-17)21(27)26-20-18-13-7-8-14-19(18)24-15-25-20/h1-15H,(H,24,25,26,27). The summed E-state index contributed by atoms with van der Waals surface area (Å²) in [6, 6.07) is 26.1. The fourth-order valence-corrected chi connectivity index (χ4v) is 3.36. The molecule has 0 atom stereocenters. The van der Waals surface area contributed by atoms with Gasteiger partial charge >= 0.3 is 0 Å². The third-order valence-electron chi connectivity index (χ3n) is 4.43. The largest absolute Gasteiger partial charge is 0.308 e. The van der Waals surface area contributed by atoms with Crippen LogP contribution in [-0.2, 0) is 9.67 Å². The lowest BCUT2D eigenvalue weighted by atomic mass is 9.89. The van der Waals surface area contributed by atoms with Gasteiger partial charge in [0.15, 0.2) is 4.87 Å². The molecule has 3 aromatic carbocycles. The molecule has 132 valence electrons. The zero-order chi connectivity index (χ0) is 18.7. The highest BCUT2D eigenvalue weighted by atomic mass is 35.5. The number of benzene rings is 3. The minimum absolute atomic E-state index is 0.370. The monoisotopic (exact) mass is 373 g/mol. The van der Waals surface area contributed by atoms with Crippen molar-refractivity contribution in [2.75, 3.05) is 5.32 Å². The van der Waals surface area contributed by atoms with Crippen molar-refractivity contribution < 1.29 is 4.79 Å². The van der Waals surface area contributed by atoms with Crippen LogP contribution in [0.5, 0.6) is 0 Å². The molecule has 1 amide bonds. The van der Waals surface area contributed by atoms with Crippen LogP contribution in [0.3, 0.4) is 0 Å². The smallest absolute Gasteiger partial charge is 0.255 e. The average molecular weight is 374 g/mol. The molecular weight excluding hydrogens is 358 g/mol. The summed E-state index contributed by atoms with van der Waals surface area (Å²) >= 11 is 6.99. The van der Waals surface area contributed by atoms with Gasteiger partial charge in [0.1, 0.15) is 12.1 Å². The number of aromatic nitrogens is 2. The number of para-hydroxylation sites is 1. The summed E-state index contributed by atoms with van der Waals surface area (Å²) in [6.07, 6.45) is 1.43. The van der Waals surface area contributed by atoms with Gasteiger partial charge in [-0.25, -0.2) is 9.97 Å². The maximum Gasteiger partial charge on any atom is 0.255 e. The summed E-state index contributed by atoms with van der Waals surface area (Å²) in [6.45, 7) is 0. The third kappa shape index (κ3) is 3.15. The highest BCUT2D eigenvalue weighted by Crippen LogP contribution is 2.38. The van der Waals surface area contributed by atoms with Crippen LogP contribution < -0.4 is 5.32 Å². The van der Waals surface area contributed by atoms with Crippen LogP contribution in [0.2, 0.25) is 0 Å². The van der Waals surface area contributed by atoms with Gasteiger partial charge in [-0.3, -0.25) is 4.79 Å². The molecular formula is C22H16ClN3O. The van der Waals surface area contributed by atoms with Crippen LogP contribution >= 0.6 is 11.6 Å². The van der Waals surface area contributed by atoms with E-state index in [4.69, 9.17) is 11.6 Å². The molecule has 27 heavy (non-hydrogen) atoms. The zero-order valence-corrected chi connectivity index (χ0v) is 15.1. The van der Waals surface area contributed by atoms with Gasteiger partial charge in [0.05, 0.1) is 5.52 Å². The number of hydrogen-bond donors (Lipinski definition) is 1. The number of amides is 1. The second-order valence-electron chi connectivity index (χ2n) is 6.08. The van der Waals surface area contributed by atoms with Crippen LogP contribution in [0.25, 0.3) is 10.9 Å². The first-order valence-electron chi connectivity index (χ1n) is 8.51. The predicted octanol–water partition coefficient (Wildman–Crippen LogP) is 4.75. The number of carbonyl (C=O) groups excluding carboxylic acids is 1. The number of rotatable bonds is 4. The molecule has 0 unspecified atom stereocenters. The fraction of sp³-hybridized carbons (Fsp3) is 0.0455. The highest BCUT2D eigenvalue weighted by molar-refractivity contribution is 6.38. The maximum absolute atomic E-state index is 13.4. The van der Waals surface area contributed by atoms with E-state index in [9.17, 15) is 4.79 Å². The molecule has 0 saturated carbocycles. The Bertz CT molecular complexity index is 1040. The van der Waals surface area contributed by atoms with E-state index < -0.39 is 4.87 Å². The summed E-state index contributed by atoms with van der Waals surface area (Å²) in [5, 5.41) is 3.66. The van der Waals surface area contributed by atoms with Crippen molar-refractivity contribution in [2.24, 2.45) is 0 Å². The molecule has 0 radical (unpaired) electrons. The number of alkyl halides is 1. The van der Waals surface area contributed by atoms with Gasteiger partial charge in [0, 0.05) is 5.39 Å². The lowest BCUT2D eigenvalue weighted by Gasteiger charge is -2.27. The molecule has 5 heteroatoms. The molecule has 1 heterocycles. The van der Waals surface area contributed by atoms with E-state index >= 15 is 0 Å². The van der Waals surface area contributed by atoms with Crippen molar-refractivity contribution in [2.45, 2.75) is 4.87 Å². The molecule has 0 spiro atoms. The minimum Gasteiger partial charge on any atom is -0.308 e. The number of hydrogen-bond acceptors (Lipinski definition) is 3. The van der Waals surface area contributed by atoms with E-state index in [1.54, 1.807) is 0 Å². The Morgan fingerprint density at radius 2 is 1.33 bits per heavy atom. The summed E-state index contributed by atoms with van der Waals surface area (Å²) in [7, 11) is 0. The molecule has 0 aliphatic carbocycles. The van der Waals surface area contributed by atoms with Gasteiger partial charge in [-0.2, -0.15) is 0 Å². The van der Waals surface area contributed by atoms with Crippen LogP contribution in [0.1, 0.15) is 11.1 Å². The topological polar surface area (TPSA) is 54.9 Å². The van der Waals surface area contributed by atoms with E-state index in [0.29, 0.717) is 16.9 Å². The average Bonchev–Trinajstić information content (AvgIpc) is 2.74. The first-order chi connectivity index (χ1) is 13.2. The number of anilines is 1. The SMILES string of the molecule is O=C(Nc1ncnc2ccccc12)C(Cl)(c1ccccc1)c1ccccc1. The van der Waals surface area contributed by atoms with Crippen molar-refractivity contribution in [3.8, 4) is 0 Å². The predicted molar refractivity (Wildman–Crippen MR) is 108 cm³/mol. The van der Waals surface area contributed by atoms with Gasteiger partial charge in [-0.1, -0.05) is 84.4 Å². The van der Waals surface area contributed by atoms with E-state index in [2.05, 4.69) is 15.3 Å². The minimum atomic E-state index is -1.38. The Balaban J connectivity index is 1.80. The summed E-state index contributed by atoms with van der Waals surface area (Å²) < 4.78 is 0. The number of halogens is 1. The van der Waals surface area contributed by atoms with Crippen LogP contribution in [0.4, 0.5) is 5.82 Å². The number of nitrogens with zero attached hydrogens (tertiary/aromatic N) is 2. The molecule has 1 aromatic heterocycles. The number of carbonyl (C=O) groups is 1. The highest BCUT2D eigenvalue weighted by Gasteiger charge is 2.40. The molecule has 0 saturated heterocycles. The second kappa shape index (κ2) is 7.17. The lowest BCUT2D eigenvalue weighted by molar-refractivity contribution is -0.117. The first kappa shape index (κ1) is 17.2. The van der Waals surface area contributed by atoms with Crippen LogP contribution in [0.15, 0.2) is 91.3 Å². The summed E-state index contributed by atoms with van der Waals surface area (Å²) in [5.41, 5.74) is 2.13. The third-order valence-corrected chi connectivity index (χ3v) is 5.04. The lowest BCUT2D eigenvalue weighted by Crippen LogP contribution is -2.36. The van der Waals surface area contributed by atoms with E-state index in [-0.39, 0.29) is 5.91 Å². The second-order valence-corrected chi connectivity index (χ2v) is 6.65. The summed E-state index contributed by atoms with van der Waals surface area (Å²) in [5.74, 6) is 0.0629. The number of nitrogens with one attached hydrogen (secondary N) is 1. The van der Waals surface area contributed by atoms with Gasteiger partial charge < -0.3 is 5.32 Å². The Kier molecular flexibility index (Phi) is 4.57. The van der Waals surface area contributed by atoms with E-state index in [1.807, 2.05) is 84.9 Å². The molecule has 4 aromatic rings. The Labute approximate surface area is 161 Å². The first-order valence-corrected chi connectivity index (χ1v) is 8.88. The van der Waals surface area contributed by atoms with Gasteiger partial charge in [-0.15, -0.1) is 0 Å². The molecule has 0 aliphatic rings. The van der Waals surface area contributed by atoms with Crippen LogP contribution in [-0.4, -0.2) is 15.9 Å². The summed E-state index contributed by atoms with van der Waals surface area (Å²) in [4.78, 5) is 20.5. The number of fused-ring (bicyclic) bond motifs is 1. The molecule has 0 aliphatic heterocycles. The Hall–Kier alpha value is -3.24. The van der Waals surface area contributed by atoms with Gasteiger partial charge in [0.2, 0.25) is 0 Å². The van der Waals surface area contributed by atoms with Crippen molar-refractivity contribution in [1.29, 1.82) is 0 Å². The molecule has 4 rings (SSSR count). The van der Waals surface area contributed by atoms with Gasteiger partial charge in [0.25, 0.3) is 5.91 Å². The Morgan fingerprint density at radius 1 is 0.778 bits per heavy atom. The quantitative estimate of drug-likeness (QED) is 0.525. The van der Waals surface area contributed by atoms with Crippen molar-refractivity contribution in [1.82, 2.24) is 9.97 Å². The van der Waals surface area contributed by atoms with E-state index in [1.165, 1.54) is 6.33 Å².